The van der Waals surface area contributed by atoms with Gasteiger partial charge >= 0.3 is 0 Å². The fourth-order valence-electron chi connectivity index (χ4n) is 2.22. The van der Waals surface area contributed by atoms with Crippen molar-refractivity contribution in [3.63, 3.8) is 0 Å². The lowest BCUT2D eigenvalue weighted by molar-refractivity contribution is 0.0849. The summed E-state index contributed by atoms with van der Waals surface area (Å²) in [6.45, 7) is 1.28. The second-order valence-corrected chi connectivity index (χ2v) is 8.18. The van der Waals surface area contributed by atoms with Crippen molar-refractivity contribution in [1.82, 2.24) is 9.80 Å². The molecule has 0 saturated carbocycles. The predicted molar refractivity (Wildman–Crippen MR) is 98.6 cm³/mol. The first-order chi connectivity index (χ1) is 10.6. The van der Waals surface area contributed by atoms with Gasteiger partial charge < -0.3 is 0 Å². The van der Waals surface area contributed by atoms with E-state index in [1.54, 1.807) is 34.1 Å². The van der Waals surface area contributed by atoms with Gasteiger partial charge in [0.1, 0.15) is 8.64 Å². The maximum absolute atomic E-state index is 12.4. The Kier molecular flexibility index (Phi) is 4.82. The molecule has 0 radical (unpaired) electrons. The zero-order chi connectivity index (χ0) is 15.7. The number of thioether (sulfide) groups is 2. The molecule has 0 aromatic heterocycles. The fraction of sp³-hybridized carbons (Fsp3) is 0.286. The Balaban J connectivity index is 1.75. The molecule has 0 bridgehead atoms. The maximum atomic E-state index is 12.4. The molecule has 22 heavy (non-hydrogen) atoms. The molecule has 1 aromatic rings. The van der Waals surface area contributed by atoms with Gasteiger partial charge in [0.05, 0.1) is 0 Å². The second kappa shape index (κ2) is 6.66. The summed E-state index contributed by atoms with van der Waals surface area (Å²) in [6.07, 6.45) is 0. The van der Waals surface area contributed by atoms with Crippen LogP contribution in [0.1, 0.15) is 20.7 Å². The van der Waals surface area contributed by atoms with Crippen molar-refractivity contribution >= 4 is 68.4 Å². The third-order valence-corrected chi connectivity index (χ3v) is 6.25. The number of hydrogen-bond donors (Lipinski definition) is 0. The molecule has 2 aliphatic heterocycles. The average molecular weight is 369 g/mol. The van der Waals surface area contributed by atoms with Crippen LogP contribution in [0, 0.1) is 0 Å². The highest BCUT2D eigenvalue weighted by Crippen LogP contribution is 2.22. The normalized spacial score (nSPS) is 18.2. The minimum Gasteiger partial charge on any atom is -0.293 e. The molecule has 1 aromatic carbocycles. The first kappa shape index (κ1) is 15.9. The highest BCUT2D eigenvalue weighted by molar-refractivity contribution is 8.23. The number of amides is 2. The lowest BCUT2D eigenvalue weighted by Gasteiger charge is -2.16. The van der Waals surface area contributed by atoms with Crippen molar-refractivity contribution < 1.29 is 9.59 Å². The number of carbonyl (C=O) groups is 2. The third kappa shape index (κ3) is 3.05. The second-order valence-electron chi connectivity index (χ2n) is 4.72. The van der Waals surface area contributed by atoms with Gasteiger partial charge in [0.25, 0.3) is 11.8 Å². The van der Waals surface area contributed by atoms with Crippen LogP contribution in [0.4, 0.5) is 0 Å². The Labute approximate surface area is 147 Å². The van der Waals surface area contributed by atoms with Crippen LogP contribution in [-0.4, -0.2) is 54.9 Å². The minimum atomic E-state index is -0.110. The van der Waals surface area contributed by atoms with E-state index in [0.29, 0.717) is 32.9 Å². The first-order valence-electron chi connectivity index (χ1n) is 6.65. The van der Waals surface area contributed by atoms with Crippen molar-refractivity contribution in [2.45, 2.75) is 0 Å². The molecule has 0 spiro atoms. The lowest BCUT2D eigenvalue weighted by Crippen LogP contribution is -2.31. The number of benzene rings is 1. The molecule has 0 N–H and O–H groups in total. The fourth-order valence-corrected chi connectivity index (χ4v) is 4.63. The van der Waals surface area contributed by atoms with Gasteiger partial charge in [-0.2, -0.15) is 0 Å². The van der Waals surface area contributed by atoms with Gasteiger partial charge in [-0.05, 0) is 24.3 Å². The standard InChI is InChI=1S/C14H12N2O2S4/c17-11(15-5-7-21-13(15)19)9-1-2-10(4-3-9)12(18)16-6-8-22-14(16)20/h1-4H,5-8H2. The molecule has 2 fully saturated rings. The van der Waals surface area contributed by atoms with Crippen LogP contribution in [0.5, 0.6) is 0 Å². The largest absolute Gasteiger partial charge is 0.293 e. The van der Waals surface area contributed by atoms with Gasteiger partial charge in [-0.3, -0.25) is 19.4 Å². The van der Waals surface area contributed by atoms with Crippen LogP contribution < -0.4 is 0 Å². The molecule has 0 aliphatic carbocycles. The van der Waals surface area contributed by atoms with Crippen molar-refractivity contribution in [3.05, 3.63) is 35.4 Å². The summed E-state index contributed by atoms with van der Waals surface area (Å²) in [5.41, 5.74) is 1.08. The Hall–Kier alpha value is -0.960. The molecular weight excluding hydrogens is 356 g/mol. The average Bonchev–Trinajstić information content (AvgIpc) is 3.14. The summed E-state index contributed by atoms with van der Waals surface area (Å²) in [6, 6.07) is 6.70. The molecule has 0 unspecified atom stereocenters. The lowest BCUT2D eigenvalue weighted by atomic mass is 10.1. The summed E-state index contributed by atoms with van der Waals surface area (Å²) in [4.78, 5) is 27.9. The van der Waals surface area contributed by atoms with Gasteiger partial charge in [-0.25, -0.2) is 0 Å². The molecule has 2 aliphatic rings. The zero-order valence-corrected chi connectivity index (χ0v) is 14.7. The number of carbonyl (C=O) groups excluding carboxylic acids is 2. The summed E-state index contributed by atoms with van der Waals surface area (Å²) < 4.78 is 1.23. The van der Waals surface area contributed by atoms with E-state index in [1.165, 1.54) is 23.5 Å². The van der Waals surface area contributed by atoms with E-state index in [0.717, 1.165) is 11.5 Å². The quantitative estimate of drug-likeness (QED) is 0.748. The SMILES string of the molecule is O=C(c1ccc(C(=O)N2CCSC2=S)cc1)N1CCSC1=S. The highest BCUT2D eigenvalue weighted by Gasteiger charge is 2.27. The highest BCUT2D eigenvalue weighted by atomic mass is 32.2. The first-order valence-corrected chi connectivity index (χ1v) is 9.44. The number of nitrogens with zero attached hydrogens (tertiary/aromatic N) is 2. The smallest absolute Gasteiger partial charge is 0.259 e. The monoisotopic (exact) mass is 368 g/mol. The number of hydrogen-bond acceptors (Lipinski definition) is 6. The van der Waals surface area contributed by atoms with E-state index in [9.17, 15) is 9.59 Å². The molecule has 2 amide bonds. The molecule has 2 saturated heterocycles. The van der Waals surface area contributed by atoms with Crippen LogP contribution >= 0.6 is 48.0 Å². The summed E-state index contributed by atoms with van der Waals surface area (Å²) >= 11 is 13.3. The predicted octanol–water partition coefficient (Wildman–Crippen LogP) is 2.63. The van der Waals surface area contributed by atoms with Gasteiger partial charge in [-0.15, -0.1) is 0 Å². The Morgan fingerprint density at radius 2 is 1.18 bits per heavy atom. The van der Waals surface area contributed by atoms with Crippen molar-refractivity contribution in [2.75, 3.05) is 24.6 Å². The van der Waals surface area contributed by atoms with E-state index >= 15 is 0 Å². The van der Waals surface area contributed by atoms with Gasteiger partial charge in [-0.1, -0.05) is 48.0 Å². The van der Waals surface area contributed by atoms with Gasteiger partial charge in [0, 0.05) is 35.7 Å². The third-order valence-electron chi connectivity index (χ3n) is 3.39. The van der Waals surface area contributed by atoms with Crippen LogP contribution in [0.25, 0.3) is 0 Å². The summed E-state index contributed by atoms with van der Waals surface area (Å²) in [7, 11) is 0. The van der Waals surface area contributed by atoms with E-state index in [-0.39, 0.29) is 11.8 Å². The maximum Gasteiger partial charge on any atom is 0.259 e. The van der Waals surface area contributed by atoms with E-state index in [1.807, 2.05) is 0 Å². The van der Waals surface area contributed by atoms with E-state index in [4.69, 9.17) is 24.4 Å². The molecule has 114 valence electrons. The Bertz CT molecular complexity index is 602. The van der Waals surface area contributed by atoms with Crippen LogP contribution in [0.3, 0.4) is 0 Å². The van der Waals surface area contributed by atoms with Crippen molar-refractivity contribution in [1.29, 1.82) is 0 Å². The molecule has 0 atom stereocenters. The van der Waals surface area contributed by atoms with E-state index in [2.05, 4.69) is 0 Å². The minimum absolute atomic E-state index is 0.110. The van der Waals surface area contributed by atoms with Gasteiger partial charge in [0.2, 0.25) is 0 Å². The Morgan fingerprint density at radius 3 is 1.45 bits per heavy atom. The van der Waals surface area contributed by atoms with Crippen LogP contribution in [0.15, 0.2) is 24.3 Å². The number of thiocarbonyl (C=S) groups is 2. The molecular formula is C14H12N2O2S4. The van der Waals surface area contributed by atoms with Crippen molar-refractivity contribution in [2.24, 2.45) is 0 Å². The molecule has 4 nitrogen and oxygen atoms in total. The van der Waals surface area contributed by atoms with Gasteiger partial charge in [0.15, 0.2) is 0 Å². The van der Waals surface area contributed by atoms with Crippen molar-refractivity contribution in [3.8, 4) is 0 Å². The van der Waals surface area contributed by atoms with E-state index < -0.39 is 0 Å². The Morgan fingerprint density at radius 1 is 0.818 bits per heavy atom. The zero-order valence-electron chi connectivity index (χ0n) is 11.5. The molecule has 8 heteroatoms. The summed E-state index contributed by atoms with van der Waals surface area (Å²) in [5, 5.41) is 0. The van der Waals surface area contributed by atoms with Crippen LogP contribution in [-0.2, 0) is 0 Å². The topological polar surface area (TPSA) is 40.6 Å². The van der Waals surface area contributed by atoms with Crippen LogP contribution in [0.2, 0.25) is 0 Å². The number of rotatable bonds is 2. The molecule has 3 rings (SSSR count). The summed E-state index contributed by atoms with van der Waals surface area (Å²) in [5.74, 6) is 1.46. The molecule has 2 heterocycles.